The molecule has 0 rings (SSSR count). The molecular weight excluding hydrogens is 156 g/mol. The van der Waals surface area contributed by atoms with Crippen molar-refractivity contribution in [1.29, 1.82) is 0 Å². The van der Waals surface area contributed by atoms with E-state index in [9.17, 15) is 9.59 Å². The molecule has 12 heavy (non-hydrogen) atoms. The molecule has 0 atom stereocenters. The summed E-state index contributed by atoms with van der Waals surface area (Å²) in [6, 6.07) is 0. The average molecular weight is 170 g/mol. The topological polar surface area (TPSA) is 43.4 Å². The second-order valence-electron chi connectivity index (χ2n) is 3.20. The SMILES string of the molecule is C=C(OC(C)=O)C(C)(C)C(C)=O. The number of Topliss-reactive ketones (excluding diaryl/α,β-unsaturated/α-hetero) is 1. The van der Waals surface area contributed by atoms with Crippen molar-refractivity contribution in [2.75, 3.05) is 0 Å². The highest BCUT2D eigenvalue weighted by atomic mass is 16.5. The Kier molecular flexibility index (Phi) is 3.19. The van der Waals surface area contributed by atoms with E-state index >= 15 is 0 Å². The van der Waals surface area contributed by atoms with Crippen LogP contribution in [0, 0.1) is 5.41 Å². The quantitative estimate of drug-likeness (QED) is 0.478. The highest BCUT2D eigenvalue weighted by Crippen LogP contribution is 2.26. The van der Waals surface area contributed by atoms with E-state index in [1.54, 1.807) is 13.8 Å². The highest BCUT2D eigenvalue weighted by Gasteiger charge is 2.29. The lowest BCUT2D eigenvalue weighted by Crippen LogP contribution is -2.25. The first-order valence-electron chi connectivity index (χ1n) is 3.67. The van der Waals surface area contributed by atoms with Crippen LogP contribution < -0.4 is 0 Å². The van der Waals surface area contributed by atoms with Gasteiger partial charge in [0.2, 0.25) is 0 Å². The minimum absolute atomic E-state index is 0.0752. The van der Waals surface area contributed by atoms with Crippen molar-refractivity contribution in [3.63, 3.8) is 0 Å². The van der Waals surface area contributed by atoms with E-state index in [-0.39, 0.29) is 11.5 Å². The number of allylic oxidation sites excluding steroid dienone is 1. The minimum Gasteiger partial charge on any atom is -0.431 e. The maximum atomic E-state index is 11.0. The van der Waals surface area contributed by atoms with Gasteiger partial charge in [-0.05, 0) is 20.8 Å². The van der Waals surface area contributed by atoms with Crippen molar-refractivity contribution in [2.45, 2.75) is 27.7 Å². The van der Waals surface area contributed by atoms with Gasteiger partial charge in [0.05, 0.1) is 5.41 Å². The van der Waals surface area contributed by atoms with Crippen LogP contribution in [-0.4, -0.2) is 11.8 Å². The summed E-state index contributed by atoms with van der Waals surface area (Å²) in [4.78, 5) is 21.6. The molecule has 0 aromatic carbocycles. The van der Waals surface area contributed by atoms with Crippen LogP contribution in [0.2, 0.25) is 0 Å². The number of carbonyl (C=O) groups excluding carboxylic acids is 2. The van der Waals surface area contributed by atoms with Crippen molar-refractivity contribution in [1.82, 2.24) is 0 Å². The molecule has 3 heteroatoms. The van der Waals surface area contributed by atoms with Gasteiger partial charge in [-0.2, -0.15) is 0 Å². The molecule has 0 N–H and O–H groups in total. The molecule has 0 radical (unpaired) electrons. The highest BCUT2D eigenvalue weighted by molar-refractivity contribution is 5.84. The Morgan fingerprint density at radius 3 is 1.92 bits per heavy atom. The molecule has 0 aliphatic carbocycles. The number of rotatable bonds is 3. The van der Waals surface area contributed by atoms with E-state index < -0.39 is 11.4 Å². The van der Waals surface area contributed by atoms with Crippen LogP contribution in [0.1, 0.15) is 27.7 Å². The van der Waals surface area contributed by atoms with E-state index in [2.05, 4.69) is 6.58 Å². The van der Waals surface area contributed by atoms with E-state index in [4.69, 9.17) is 4.74 Å². The van der Waals surface area contributed by atoms with Crippen LogP contribution in [0.15, 0.2) is 12.3 Å². The van der Waals surface area contributed by atoms with Gasteiger partial charge in [0.15, 0.2) is 0 Å². The summed E-state index contributed by atoms with van der Waals surface area (Å²) in [5.74, 6) is -0.328. The van der Waals surface area contributed by atoms with Crippen molar-refractivity contribution in [3.05, 3.63) is 12.3 Å². The Morgan fingerprint density at radius 2 is 1.67 bits per heavy atom. The van der Waals surface area contributed by atoms with Gasteiger partial charge < -0.3 is 4.74 Å². The summed E-state index contributed by atoms with van der Waals surface area (Å²) in [5, 5.41) is 0. The number of esters is 1. The second-order valence-corrected chi connectivity index (χ2v) is 3.20. The molecule has 0 saturated heterocycles. The molecule has 0 aromatic rings. The number of ketones is 1. The van der Waals surface area contributed by atoms with Gasteiger partial charge in [0.1, 0.15) is 11.5 Å². The van der Waals surface area contributed by atoms with E-state index in [0.29, 0.717) is 0 Å². The first-order chi connectivity index (χ1) is 5.28. The molecule has 0 heterocycles. The number of hydrogen-bond acceptors (Lipinski definition) is 3. The Balaban J connectivity index is 4.47. The molecule has 0 aliphatic heterocycles. The third-order valence-corrected chi connectivity index (χ3v) is 1.84. The normalized spacial score (nSPS) is 10.7. The number of carbonyl (C=O) groups is 2. The van der Waals surface area contributed by atoms with E-state index in [0.717, 1.165) is 0 Å². The third kappa shape index (κ3) is 2.49. The summed E-state index contributed by atoms with van der Waals surface area (Å²) in [6.45, 7) is 9.58. The lowest BCUT2D eigenvalue weighted by atomic mass is 9.87. The number of hydrogen-bond donors (Lipinski definition) is 0. The Hall–Kier alpha value is -1.12. The summed E-state index contributed by atoms with van der Waals surface area (Å²) >= 11 is 0. The standard InChI is InChI=1S/C9H14O3/c1-6(10)9(4,5)7(2)12-8(3)11/h2H2,1,3-5H3. The van der Waals surface area contributed by atoms with Gasteiger partial charge in [0.25, 0.3) is 0 Å². The molecule has 0 amide bonds. The lowest BCUT2D eigenvalue weighted by molar-refractivity contribution is -0.139. The van der Waals surface area contributed by atoms with Crippen LogP contribution in [0.4, 0.5) is 0 Å². The van der Waals surface area contributed by atoms with Crippen LogP contribution in [0.5, 0.6) is 0 Å². The molecule has 0 bridgehead atoms. The van der Waals surface area contributed by atoms with Gasteiger partial charge in [0, 0.05) is 6.92 Å². The zero-order valence-electron chi connectivity index (χ0n) is 7.93. The third-order valence-electron chi connectivity index (χ3n) is 1.84. The zero-order chi connectivity index (χ0) is 9.94. The zero-order valence-corrected chi connectivity index (χ0v) is 7.93. The van der Waals surface area contributed by atoms with Crippen LogP contribution in [-0.2, 0) is 14.3 Å². The Labute approximate surface area is 72.4 Å². The van der Waals surface area contributed by atoms with Crippen LogP contribution in [0.3, 0.4) is 0 Å². The molecule has 0 saturated carbocycles. The fourth-order valence-electron chi connectivity index (χ4n) is 0.497. The van der Waals surface area contributed by atoms with Crippen molar-refractivity contribution < 1.29 is 14.3 Å². The summed E-state index contributed by atoms with van der Waals surface area (Å²) in [7, 11) is 0. The molecule has 68 valence electrons. The van der Waals surface area contributed by atoms with E-state index in [1.165, 1.54) is 13.8 Å². The Morgan fingerprint density at radius 1 is 1.25 bits per heavy atom. The van der Waals surface area contributed by atoms with Crippen molar-refractivity contribution in [2.24, 2.45) is 5.41 Å². The van der Waals surface area contributed by atoms with Gasteiger partial charge in [-0.1, -0.05) is 6.58 Å². The fourth-order valence-corrected chi connectivity index (χ4v) is 0.497. The lowest BCUT2D eigenvalue weighted by Gasteiger charge is -2.22. The summed E-state index contributed by atoms with van der Waals surface area (Å²) < 4.78 is 4.72. The van der Waals surface area contributed by atoms with Gasteiger partial charge in [-0.15, -0.1) is 0 Å². The smallest absolute Gasteiger partial charge is 0.307 e. The van der Waals surface area contributed by atoms with Crippen LogP contribution >= 0.6 is 0 Å². The van der Waals surface area contributed by atoms with E-state index in [1.807, 2.05) is 0 Å². The molecule has 0 unspecified atom stereocenters. The predicted octanol–water partition coefficient (Wildman–Crippen LogP) is 1.68. The maximum absolute atomic E-state index is 11.0. The first kappa shape index (κ1) is 10.9. The van der Waals surface area contributed by atoms with Crippen molar-refractivity contribution >= 4 is 11.8 Å². The first-order valence-corrected chi connectivity index (χ1v) is 3.67. The molecule has 0 fully saturated rings. The average Bonchev–Trinajstić information content (AvgIpc) is 1.85. The van der Waals surface area contributed by atoms with Gasteiger partial charge in [-0.3, -0.25) is 9.59 Å². The Bertz CT molecular complexity index is 226. The predicted molar refractivity (Wildman–Crippen MR) is 45.4 cm³/mol. The molecule has 0 aliphatic rings. The van der Waals surface area contributed by atoms with Crippen molar-refractivity contribution in [3.8, 4) is 0 Å². The molecule has 0 spiro atoms. The molecular formula is C9H14O3. The molecule has 0 aromatic heterocycles. The fraction of sp³-hybridized carbons (Fsp3) is 0.556. The number of ether oxygens (including phenoxy) is 1. The summed E-state index contributed by atoms with van der Waals surface area (Å²) in [5.41, 5.74) is -0.786. The van der Waals surface area contributed by atoms with Crippen LogP contribution in [0.25, 0.3) is 0 Å². The maximum Gasteiger partial charge on any atom is 0.307 e. The van der Waals surface area contributed by atoms with Gasteiger partial charge >= 0.3 is 5.97 Å². The molecule has 3 nitrogen and oxygen atoms in total. The monoisotopic (exact) mass is 170 g/mol. The second kappa shape index (κ2) is 3.52. The van der Waals surface area contributed by atoms with Gasteiger partial charge in [-0.25, -0.2) is 0 Å². The summed E-state index contributed by atoms with van der Waals surface area (Å²) in [6.07, 6.45) is 0. The minimum atomic E-state index is -0.786. The largest absolute Gasteiger partial charge is 0.431 e.